The lowest BCUT2D eigenvalue weighted by atomic mass is 10.1. The van der Waals surface area contributed by atoms with Crippen LogP contribution in [0.5, 0.6) is 0 Å². The predicted octanol–water partition coefficient (Wildman–Crippen LogP) is 2.58. The highest BCUT2D eigenvalue weighted by Crippen LogP contribution is 2.25. The van der Waals surface area contributed by atoms with Crippen LogP contribution in [0.25, 0.3) is 10.8 Å². The number of anilines is 1. The van der Waals surface area contributed by atoms with E-state index in [0.29, 0.717) is 6.54 Å². The number of nitrogens with one attached hydrogen (secondary N) is 1. The van der Waals surface area contributed by atoms with Crippen molar-refractivity contribution in [1.29, 1.82) is 5.26 Å². The third-order valence-corrected chi connectivity index (χ3v) is 3.05. The van der Waals surface area contributed by atoms with Crippen molar-refractivity contribution in [2.75, 3.05) is 11.9 Å². The third kappa shape index (κ3) is 1.76. The normalized spacial score (nSPS) is 17.3. The summed E-state index contributed by atoms with van der Waals surface area (Å²) >= 11 is 0. The first kappa shape index (κ1) is 10.6. The lowest BCUT2D eigenvalue weighted by molar-refractivity contribution is 0.241. The zero-order valence-corrected chi connectivity index (χ0v) is 9.63. The summed E-state index contributed by atoms with van der Waals surface area (Å²) < 4.78 is 0. The molecule has 0 spiro atoms. The van der Waals surface area contributed by atoms with Gasteiger partial charge in [-0.3, -0.25) is 0 Å². The van der Waals surface area contributed by atoms with Crippen LogP contribution in [0.3, 0.4) is 0 Å². The van der Waals surface area contributed by atoms with E-state index in [2.05, 4.69) is 11.4 Å². The monoisotopic (exact) mass is 237 g/mol. The van der Waals surface area contributed by atoms with Crippen molar-refractivity contribution in [3.05, 3.63) is 42.5 Å². The Balaban J connectivity index is 1.87. The smallest absolute Gasteiger partial charge is 0.307 e. The second-order valence-electron chi connectivity index (χ2n) is 4.25. The Morgan fingerprint density at radius 3 is 2.83 bits per heavy atom. The molecule has 4 nitrogen and oxygen atoms in total. The minimum absolute atomic E-state index is 0.210. The number of fused-ring (bicyclic) bond motifs is 1. The van der Waals surface area contributed by atoms with Gasteiger partial charge in [0.05, 0.1) is 18.3 Å². The molecule has 18 heavy (non-hydrogen) atoms. The molecule has 1 saturated heterocycles. The summed E-state index contributed by atoms with van der Waals surface area (Å²) in [5, 5.41) is 13.6. The Morgan fingerprint density at radius 1 is 1.28 bits per heavy atom. The van der Waals surface area contributed by atoms with Gasteiger partial charge in [0.2, 0.25) is 0 Å². The molecule has 2 amide bonds. The van der Waals surface area contributed by atoms with Crippen LogP contribution in [0.4, 0.5) is 10.5 Å². The molecule has 1 atom stereocenters. The molecule has 0 aliphatic carbocycles. The van der Waals surface area contributed by atoms with Crippen LogP contribution in [-0.4, -0.2) is 23.5 Å². The topological polar surface area (TPSA) is 55.9 Å². The van der Waals surface area contributed by atoms with Gasteiger partial charge in [-0.05, 0) is 11.5 Å². The van der Waals surface area contributed by atoms with Crippen molar-refractivity contribution in [2.45, 2.75) is 6.04 Å². The molecule has 1 aliphatic rings. The van der Waals surface area contributed by atoms with Crippen LogP contribution in [0.2, 0.25) is 0 Å². The molecule has 1 heterocycles. The van der Waals surface area contributed by atoms with E-state index < -0.39 is 0 Å². The van der Waals surface area contributed by atoms with Gasteiger partial charge in [-0.15, -0.1) is 0 Å². The molecule has 2 aromatic carbocycles. The summed E-state index contributed by atoms with van der Waals surface area (Å²) in [7, 11) is 0. The second-order valence-corrected chi connectivity index (χ2v) is 4.25. The van der Waals surface area contributed by atoms with E-state index in [1.807, 2.05) is 42.5 Å². The van der Waals surface area contributed by atoms with Crippen LogP contribution in [0.15, 0.2) is 42.5 Å². The van der Waals surface area contributed by atoms with Crippen molar-refractivity contribution in [3.8, 4) is 6.07 Å². The van der Waals surface area contributed by atoms with Crippen LogP contribution >= 0.6 is 0 Å². The van der Waals surface area contributed by atoms with Crippen LogP contribution < -0.4 is 5.32 Å². The van der Waals surface area contributed by atoms with Crippen molar-refractivity contribution in [2.24, 2.45) is 0 Å². The van der Waals surface area contributed by atoms with Crippen LogP contribution in [0, 0.1) is 11.3 Å². The first-order chi connectivity index (χ1) is 8.79. The van der Waals surface area contributed by atoms with Crippen LogP contribution in [0.1, 0.15) is 0 Å². The van der Waals surface area contributed by atoms with Gasteiger partial charge in [0, 0.05) is 5.39 Å². The number of nitrogens with zero attached hydrogens (tertiary/aromatic N) is 2. The minimum atomic E-state index is -0.264. The van der Waals surface area contributed by atoms with E-state index in [1.165, 1.54) is 4.90 Å². The van der Waals surface area contributed by atoms with E-state index >= 15 is 0 Å². The van der Waals surface area contributed by atoms with Gasteiger partial charge in [0.1, 0.15) is 6.04 Å². The largest absolute Gasteiger partial charge is 0.323 e. The summed E-state index contributed by atoms with van der Waals surface area (Å²) in [4.78, 5) is 13.4. The SMILES string of the molecule is N#C[C@H]1CN1C(=O)Nc1cccc2ccccc12. The molecule has 0 aromatic heterocycles. The van der Waals surface area contributed by atoms with Crippen molar-refractivity contribution < 1.29 is 4.79 Å². The van der Waals surface area contributed by atoms with Gasteiger partial charge in [-0.2, -0.15) is 5.26 Å². The number of nitriles is 1. The average molecular weight is 237 g/mol. The zero-order valence-electron chi connectivity index (χ0n) is 9.63. The predicted molar refractivity (Wildman–Crippen MR) is 69.1 cm³/mol. The highest BCUT2D eigenvalue weighted by molar-refractivity contribution is 6.02. The standard InChI is InChI=1S/C14H11N3O/c15-8-11-9-17(11)14(18)16-13-7-3-5-10-4-1-2-6-12(10)13/h1-7,11H,9H2,(H,16,18)/t11-,17?/m0/s1. The highest BCUT2D eigenvalue weighted by atomic mass is 16.2. The first-order valence-electron chi connectivity index (χ1n) is 5.74. The number of rotatable bonds is 1. The van der Waals surface area contributed by atoms with E-state index in [0.717, 1.165) is 16.5 Å². The van der Waals surface area contributed by atoms with Gasteiger partial charge in [-0.25, -0.2) is 4.79 Å². The fourth-order valence-electron chi connectivity index (χ4n) is 2.00. The molecule has 1 aliphatic heterocycles. The molecule has 1 fully saturated rings. The van der Waals surface area contributed by atoms with Gasteiger partial charge in [-0.1, -0.05) is 36.4 Å². The quantitative estimate of drug-likeness (QED) is 0.775. The molecular formula is C14H11N3O. The summed E-state index contributed by atoms with van der Waals surface area (Å²) in [6.07, 6.45) is 0. The Morgan fingerprint density at radius 2 is 2.06 bits per heavy atom. The number of hydrogen-bond acceptors (Lipinski definition) is 2. The molecule has 0 bridgehead atoms. The maximum Gasteiger partial charge on any atom is 0.323 e. The Hall–Kier alpha value is -2.54. The summed E-state index contributed by atoms with van der Waals surface area (Å²) in [6.45, 7) is 0.521. The van der Waals surface area contributed by atoms with Gasteiger partial charge < -0.3 is 10.2 Å². The zero-order chi connectivity index (χ0) is 12.5. The molecule has 4 heteroatoms. The number of hydrogen-bond donors (Lipinski definition) is 1. The number of carbonyl (C=O) groups is 1. The maximum absolute atomic E-state index is 11.9. The number of urea groups is 1. The first-order valence-corrected chi connectivity index (χ1v) is 5.74. The van der Waals surface area contributed by atoms with Gasteiger partial charge >= 0.3 is 6.03 Å². The van der Waals surface area contributed by atoms with Crippen LogP contribution in [-0.2, 0) is 0 Å². The Labute approximate surface area is 104 Å². The fraction of sp³-hybridized carbons (Fsp3) is 0.143. The second kappa shape index (κ2) is 4.04. The Bertz CT molecular complexity index is 654. The van der Waals surface area contributed by atoms with Crippen molar-refractivity contribution in [1.82, 2.24) is 4.90 Å². The van der Waals surface area contributed by atoms with E-state index in [9.17, 15) is 4.79 Å². The average Bonchev–Trinajstić information content (AvgIpc) is 3.19. The van der Waals surface area contributed by atoms with E-state index in [4.69, 9.17) is 5.26 Å². The number of amides is 2. The maximum atomic E-state index is 11.9. The van der Waals surface area contributed by atoms with Gasteiger partial charge in [0.25, 0.3) is 0 Å². The van der Waals surface area contributed by atoms with Crippen molar-refractivity contribution in [3.63, 3.8) is 0 Å². The highest BCUT2D eigenvalue weighted by Gasteiger charge is 2.38. The molecule has 0 saturated carbocycles. The summed E-state index contributed by atoms with van der Waals surface area (Å²) in [5.74, 6) is 0. The van der Waals surface area contributed by atoms with E-state index in [1.54, 1.807) is 0 Å². The summed E-state index contributed by atoms with van der Waals surface area (Å²) in [5.41, 5.74) is 0.779. The molecule has 0 unspecified atom stereocenters. The minimum Gasteiger partial charge on any atom is -0.307 e. The molecule has 88 valence electrons. The van der Waals surface area contributed by atoms with E-state index in [-0.39, 0.29) is 12.1 Å². The molecular weight excluding hydrogens is 226 g/mol. The lowest BCUT2D eigenvalue weighted by Crippen LogP contribution is -2.20. The molecule has 0 radical (unpaired) electrons. The number of carbonyl (C=O) groups excluding carboxylic acids is 1. The van der Waals surface area contributed by atoms with Gasteiger partial charge in [0.15, 0.2) is 0 Å². The number of benzene rings is 2. The molecule has 1 N–H and O–H groups in total. The van der Waals surface area contributed by atoms with Crippen molar-refractivity contribution >= 4 is 22.5 Å². The fourth-order valence-corrected chi connectivity index (χ4v) is 2.00. The molecule has 3 rings (SSSR count). The summed E-state index contributed by atoms with van der Waals surface area (Å²) in [6, 6.07) is 15.2. The Kier molecular flexibility index (Phi) is 2.38. The third-order valence-electron chi connectivity index (χ3n) is 3.05. The lowest BCUT2D eigenvalue weighted by Gasteiger charge is -2.09. The molecule has 2 aromatic rings.